The second-order valence-corrected chi connectivity index (χ2v) is 4.47. The molecule has 2 heteroatoms. The van der Waals surface area contributed by atoms with E-state index in [9.17, 15) is 0 Å². The molecular formula is C13H20N2. The van der Waals surface area contributed by atoms with Crippen LogP contribution < -0.4 is 5.32 Å². The standard InChI is InChI=1S/C13H20N2/c1-2-7-15-13(10-11-3-4-11)12-5-8-14-9-6-12/h5-6,8-9,11,13,15H,2-4,7,10H2,1H3. The van der Waals surface area contributed by atoms with Crippen LogP contribution in [0.5, 0.6) is 0 Å². The molecule has 0 aliphatic heterocycles. The maximum absolute atomic E-state index is 4.08. The topological polar surface area (TPSA) is 24.9 Å². The third-order valence-corrected chi connectivity index (χ3v) is 3.02. The second-order valence-electron chi connectivity index (χ2n) is 4.47. The highest BCUT2D eigenvalue weighted by Gasteiger charge is 2.25. The summed E-state index contributed by atoms with van der Waals surface area (Å²) in [5.41, 5.74) is 1.39. The lowest BCUT2D eigenvalue weighted by Gasteiger charge is -2.18. The van der Waals surface area contributed by atoms with Crippen LogP contribution in [0.25, 0.3) is 0 Å². The van der Waals surface area contributed by atoms with E-state index < -0.39 is 0 Å². The first-order valence-corrected chi connectivity index (χ1v) is 6.03. The van der Waals surface area contributed by atoms with E-state index in [1.54, 1.807) is 0 Å². The van der Waals surface area contributed by atoms with Crippen molar-refractivity contribution >= 4 is 0 Å². The van der Waals surface area contributed by atoms with Crippen molar-refractivity contribution < 1.29 is 0 Å². The number of hydrogen-bond donors (Lipinski definition) is 1. The Labute approximate surface area is 92.1 Å². The Morgan fingerprint density at radius 3 is 2.73 bits per heavy atom. The highest BCUT2D eigenvalue weighted by Crippen LogP contribution is 2.37. The van der Waals surface area contributed by atoms with Crippen LogP contribution in [0.15, 0.2) is 24.5 Å². The van der Waals surface area contributed by atoms with E-state index in [1.165, 1.54) is 31.2 Å². The third kappa shape index (κ3) is 3.31. The highest BCUT2D eigenvalue weighted by molar-refractivity contribution is 5.15. The van der Waals surface area contributed by atoms with E-state index in [4.69, 9.17) is 0 Å². The zero-order valence-electron chi connectivity index (χ0n) is 9.45. The zero-order chi connectivity index (χ0) is 10.5. The number of nitrogens with zero attached hydrogens (tertiary/aromatic N) is 1. The van der Waals surface area contributed by atoms with Gasteiger partial charge in [-0.3, -0.25) is 4.98 Å². The van der Waals surface area contributed by atoms with Crippen LogP contribution in [0.1, 0.15) is 44.2 Å². The van der Waals surface area contributed by atoms with Gasteiger partial charge in [0, 0.05) is 18.4 Å². The van der Waals surface area contributed by atoms with E-state index in [-0.39, 0.29) is 0 Å². The van der Waals surface area contributed by atoms with Crippen molar-refractivity contribution in [3.05, 3.63) is 30.1 Å². The summed E-state index contributed by atoms with van der Waals surface area (Å²) in [5.74, 6) is 0.965. The SMILES string of the molecule is CCCNC(CC1CC1)c1ccncc1. The van der Waals surface area contributed by atoms with Crippen molar-refractivity contribution in [1.29, 1.82) is 0 Å². The van der Waals surface area contributed by atoms with Crippen molar-refractivity contribution in [3.8, 4) is 0 Å². The van der Waals surface area contributed by atoms with Gasteiger partial charge in [0.15, 0.2) is 0 Å². The van der Waals surface area contributed by atoms with Crippen LogP contribution >= 0.6 is 0 Å². The van der Waals surface area contributed by atoms with Gasteiger partial charge in [-0.2, -0.15) is 0 Å². The van der Waals surface area contributed by atoms with Crippen molar-refractivity contribution in [2.24, 2.45) is 5.92 Å². The van der Waals surface area contributed by atoms with Crippen molar-refractivity contribution in [3.63, 3.8) is 0 Å². The first-order chi connectivity index (χ1) is 7.40. The van der Waals surface area contributed by atoms with Crippen LogP contribution in [-0.2, 0) is 0 Å². The molecule has 1 aliphatic carbocycles. The minimum atomic E-state index is 0.542. The minimum absolute atomic E-state index is 0.542. The molecule has 1 aromatic rings. The van der Waals surface area contributed by atoms with Crippen molar-refractivity contribution in [1.82, 2.24) is 10.3 Å². The Morgan fingerprint density at radius 2 is 2.13 bits per heavy atom. The lowest BCUT2D eigenvalue weighted by molar-refractivity contribution is 0.473. The summed E-state index contributed by atoms with van der Waals surface area (Å²) < 4.78 is 0. The zero-order valence-corrected chi connectivity index (χ0v) is 9.45. The molecule has 15 heavy (non-hydrogen) atoms. The molecule has 1 unspecified atom stereocenters. The molecule has 0 spiro atoms. The van der Waals surface area contributed by atoms with E-state index >= 15 is 0 Å². The highest BCUT2D eigenvalue weighted by atomic mass is 14.9. The largest absolute Gasteiger partial charge is 0.310 e. The van der Waals surface area contributed by atoms with Gasteiger partial charge in [0.25, 0.3) is 0 Å². The molecule has 2 nitrogen and oxygen atoms in total. The van der Waals surface area contributed by atoms with Gasteiger partial charge in [0.05, 0.1) is 0 Å². The summed E-state index contributed by atoms with van der Waals surface area (Å²) in [5, 5.41) is 3.63. The molecule has 0 bridgehead atoms. The molecule has 2 rings (SSSR count). The number of rotatable bonds is 6. The van der Waals surface area contributed by atoms with Gasteiger partial charge in [-0.15, -0.1) is 0 Å². The lowest BCUT2D eigenvalue weighted by atomic mass is 10.0. The van der Waals surface area contributed by atoms with Gasteiger partial charge in [0.1, 0.15) is 0 Å². The molecule has 1 aliphatic rings. The number of hydrogen-bond acceptors (Lipinski definition) is 2. The molecule has 1 aromatic heterocycles. The Balaban J connectivity index is 1.96. The fraction of sp³-hybridized carbons (Fsp3) is 0.615. The Bertz CT molecular complexity index is 280. The quantitative estimate of drug-likeness (QED) is 0.770. The summed E-state index contributed by atoms with van der Waals surface area (Å²) in [6.45, 7) is 3.33. The number of aromatic nitrogens is 1. The van der Waals surface area contributed by atoms with Crippen LogP contribution in [0.2, 0.25) is 0 Å². The molecule has 0 amide bonds. The first-order valence-electron chi connectivity index (χ1n) is 6.03. The maximum Gasteiger partial charge on any atom is 0.0324 e. The fourth-order valence-electron chi connectivity index (χ4n) is 1.94. The summed E-state index contributed by atoms with van der Waals surface area (Å²) >= 11 is 0. The van der Waals surface area contributed by atoms with E-state index in [0.29, 0.717) is 6.04 Å². The normalized spacial score (nSPS) is 17.7. The van der Waals surface area contributed by atoms with Crippen LogP contribution in [-0.4, -0.2) is 11.5 Å². The Morgan fingerprint density at radius 1 is 1.40 bits per heavy atom. The molecular weight excluding hydrogens is 184 g/mol. The van der Waals surface area contributed by atoms with Gasteiger partial charge in [-0.1, -0.05) is 19.8 Å². The minimum Gasteiger partial charge on any atom is -0.310 e. The van der Waals surface area contributed by atoms with E-state index in [2.05, 4.69) is 29.4 Å². The molecule has 1 N–H and O–H groups in total. The third-order valence-electron chi connectivity index (χ3n) is 3.02. The van der Waals surface area contributed by atoms with Gasteiger partial charge in [-0.25, -0.2) is 0 Å². The summed E-state index contributed by atoms with van der Waals surface area (Å²) in [6, 6.07) is 4.81. The van der Waals surface area contributed by atoms with Gasteiger partial charge in [0.2, 0.25) is 0 Å². The molecule has 1 saturated carbocycles. The van der Waals surface area contributed by atoms with Gasteiger partial charge < -0.3 is 5.32 Å². The monoisotopic (exact) mass is 204 g/mol. The number of nitrogens with one attached hydrogen (secondary N) is 1. The Hall–Kier alpha value is -0.890. The predicted octanol–water partition coefficient (Wildman–Crippen LogP) is 2.92. The van der Waals surface area contributed by atoms with Gasteiger partial charge >= 0.3 is 0 Å². The number of pyridine rings is 1. The van der Waals surface area contributed by atoms with E-state index in [0.717, 1.165) is 12.5 Å². The molecule has 82 valence electrons. The molecule has 1 atom stereocenters. The van der Waals surface area contributed by atoms with Gasteiger partial charge in [-0.05, 0) is 43.0 Å². The van der Waals surface area contributed by atoms with Crippen LogP contribution in [0, 0.1) is 5.92 Å². The average molecular weight is 204 g/mol. The summed E-state index contributed by atoms with van der Waals surface area (Å²) in [4.78, 5) is 4.08. The average Bonchev–Trinajstić information content (AvgIpc) is 3.09. The van der Waals surface area contributed by atoms with Crippen molar-refractivity contribution in [2.75, 3.05) is 6.54 Å². The van der Waals surface area contributed by atoms with E-state index in [1.807, 2.05) is 12.4 Å². The lowest BCUT2D eigenvalue weighted by Crippen LogP contribution is -2.22. The Kier molecular flexibility index (Phi) is 3.73. The fourth-order valence-corrected chi connectivity index (χ4v) is 1.94. The maximum atomic E-state index is 4.08. The smallest absolute Gasteiger partial charge is 0.0324 e. The van der Waals surface area contributed by atoms with Crippen molar-refractivity contribution in [2.45, 2.75) is 38.6 Å². The molecule has 0 aromatic carbocycles. The molecule has 1 fully saturated rings. The summed E-state index contributed by atoms with van der Waals surface area (Å²) in [6.07, 6.45) is 9.13. The first kappa shape index (κ1) is 10.6. The predicted molar refractivity (Wildman–Crippen MR) is 62.6 cm³/mol. The molecule has 0 radical (unpaired) electrons. The molecule has 0 saturated heterocycles. The van der Waals surface area contributed by atoms with Crippen LogP contribution in [0.4, 0.5) is 0 Å². The molecule has 1 heterocycles. The van der Waals surface area contributed by atoms with Crippen LogP contribution in [0.3, 0.4) is 0 Å². The summed E-state index contributed by atoms with van der Waals surface area (Å²) in [7, 11) is 0. The second kappa shape index (κ2) is 5.26.